The first-order valence-electron chi connectivity index (χ1n) is 14.7. The number of aliphatic hydroxyl groups excluding tert-OH is 1. The smallest absolute Gasteiger partial charge is 0.422 e. The lowest BCUT2D eigenvalue weighted by Gasteiger charge is -2.26. The van der Waals surface area contributed by atoms with Gasteiger partial charge in [0.15, 0.2) is 6.61 Å². The summed E-state index contributed by atoms with van der Waals surface area (Å²) < 4.78 is 72.0. The maximum absolute atomic E-state index is 13.1. The molecule has 0 saturated heterocycles. The lowest BCUT2D eigenvalue weighted by molar-refractivity contribution is -0.154. The standard InChI is InChI=1S/C30H37ClF3N7O4S/c1-27(2,3)16-35-17-28(12-13-28)23(42)41-46(43,44)22-10-8-21(9-11-22)36-24-37-25(39-26(38-24)45-18-30(32,33)34)40-29(14-15-29)19-4-6-20(31)7-5-19/h4-11,23,35,41-42H,12-18H2,1-3H3,(H2,36,37,38,39,40). The quantitative estimate of drug-likeness (QED) is 0.141. The Morgan fingerprint density at radius 1 is 0.957 bits per heavy atom. The van der Waals surface area contributed by atoms with Crippen molar-refractivity contribution in [1.82, 2.24) is 25.0 Å². The molecule has 0 aliphatic heterocycles. The summed E-state index contributed by atoms with van der Waals surface area (Å²) in [5.74, 6) is -0.130. The van der Waals surface area contributed by atoms with Crippen molar-refractivity contribution in [2.24, 2.45) is 10.8 Å². The van der Waals surface area contributed by atoms with E-state index in [2.05, 4.69) is 56.4 Å². The van der Waals surface area contributed by atoms with E-state index in [1.165, 1.54) is 24.3 Å². The van der Waals surface area contributed by atoms with Gasteiger partial charge in [0.05, 0.1) is 10.4 Å². The molecule has 0 radical (unpaired) electrons. The van der Waals surface area contributed by atoms with Crippen LogP contribution in [0.1, 0.15) is 52.0 Å². The molecule has 16 heteroatoms. The van der Waals surface area contributed by atoms with Gasteiger partial charge in [-0.25, -0.2) is 8.42 Å². The van der Waals surface area contributed by atoms with Gasteiger partial charge in [0.2, 0.25) is 21.9 Å². The Labute approximate surface area is 270 Å². The second kappa shape index (κ2) is 12.8. The van der Waals surface area contributed by atoms with Gasteiger partial charge < -0.3 is 25.8 Å². The molecule has 2 saturated carbocycles. The predicted molar refractivity (Wildman–Crippen MR) is 167 cm³/mol. The number of hydrogen-bond acceptors (Lipinski definition) is 10. The molecule has 0 amide bonds. The summed E-state index contributed by atoms with van der Waals surface area (Å²) >= 11 is 6.02. The van der Waals surface area contributed by atoms with Gasteiger partial charge in [-0.1, -0.05) is 44.5 Å². The first-order chi connectivity index (χ1) is 21.5. The zero-order valence-electron chi connectivity index (χ0n) is 25.6. The number of aromatic nitrogens is 3. The third-order valence-corrected chi connectivity index (χ3v) is 9.45. The largest absolute Gasteiger partial charge is 0.454 e. The number of ether oxygens (including phenoxy) is 1. The number of anilines is 3. The number of aliphatic hydroxyl groups is 1. The molecular weight excluding hydrogens is 647 g/mol. The number of nitrogens with one attached hydrogen (secondary N) is 4. The van der Waals surface area contributed by atoms with Crippen molar-refractivity contribution in [2.75, 3.05) is 30.3 Å². The SMILES string of the molecule is CC(C)(C)CNCC1(C(O)NS(=O)(=O)c2ccc(Nc3nc(NC4(c5ccc(Cl)cc5)CC4)nc(OCC(F)(F)F)n3)cc2)CC1. The van der Waals surface area contributed by atoms with Crippen LogP contribution in [0.25, 0.3) is 0 Å². The van der Waals surface area contributed by atoms with Crippen LogP contribution >= 0.6 is 11.6 Å². The molecule has 1 unspecified atom stereocenters. The van der Waals surface area contributed by atoms with Crippen molar-refractivity contribution in [2.45, 2.75) is 69.3 Å². The topological polar surface area (TPSA) is 150 Å². The molecule has 1 aromatic heterocycles. The summed E-state index contributed by atoms with van der Waals surface area (Å²) in [6.45, 7) is 5.86. The highest BCUT2D eigenvalue weighted by Crippen LogP contribution is 2.49. The van der Waals surface area contributed by atoms with Crippen LogP contribution in [0.3, 0.4) is 0 Å². The fourth-order valence-corrected chi connectivity index (χ4v) is 6.15. The van der Waals surface area contributed by atoms with Gasteiger partial charge in [0.25, 0.3) is 0 Å². The second-order valence-electron chi connectivity index (χ2n) is 13.1. The summed E-state index contributed by atoms with van der Waals surface area (Å²) in [5, 5.41) is 20.7. The van der Waals surface area contributed by atoms with Crippen molar-refractivity contribution in [3.8, 4) is 6.01 Å². The minimum Gasteiger partial charge on any atom is -0.454 e. The average molecular weight is 684 g/mol. The van der Waals surface area contributed by atoms with E-state index in [9.17, 15) is 26.7 Å². The summed E-state index contributed by atoms with van der Waals surface area (Å²) in [6, 6.07) is 12.2. The van der Waals surface area contributed by atoms with Crippen LogP contribution in [-0.4, -0.2) is 60.6 Å². The third-order valence-electron chi connectivity index (χ3n) is 7.77. The van der Waals surface area contributed by atoms with Crippen molar-refractivity contribution in [3.05, 3.63) is 59.1 Å². The highest BCUT2D eigenvalue weighted by molar-refractivity contribution is 7.89. The van der Waals surface area contributed by atoms with Gasteiger partial charge in [-0.15, -0.1) is 0 Å². The van der Waals surface area contributed by atoms with E-state index in [1.807, 2.05) is 12.1 Å². The second-order valence-corrected chi connectivity index (χ2v) is 15.2. The van der Waals surface area contributed by atoms with Crippen molar-refractivity contribution in [3.63, 3.8) is 0 Å². The van der Waals surface area contributed by atoms with Crippen LogP contribution in [0.15, 0.2) is 53.4 Å². The molecule has 2 fully saturated rings. The Morgan fingerprint density at radius 3 is 2.15 bits per heavy atom. The highest BCUT2D eigenvalue weighted by atomic mass is 35.5. The van der Waals surface area contributed by atoms with Crippen LogP contribution in [0.2, 0.25) is 5.02 Å². The Balaban J connectivity index is 1.28. The first kappa shape index (κ1) is 34.1. The summed E-state index contributed by atoms with van der Waals surface area (Å²) in [4.78, 5) is 12.2. The molecule has 46 heavy (non-hydrogen) atoms. The van der Waals surface area contributed by atoms with E-state index in [0.29, 0.717) is 30.1 Å². The van der Waals surface area contributed by atoms with Gasteiger partial charge in [0, 0.05) is 29.2 Å². The van der Waals surface area contributed by atoms with Crippen LogP contribution in [-0.2, 0) is 15.6 Å². The molecule has 2 aliphatic rings. The number of hydrogen-bond donors (Lipinski definition) is 5. The minimum atomic E-state index is -4.61. The average Bonchev–Trinajstić information content (AvgIpc) is 3.89. The number of nitrogens with zero attached hydrogens (tertiary/aromatic N) is 3. The van der Waals surface area contributed by atoms with Crippen LogP contribution < -0.4 is 25.4 Å². The minimum absolute atomic E-state index is 0.00879. The predicted octanol–water partition coefficient (Wildman–Crippen LogP) is 5.32. The number of alkyl halides is 3. The molecule has 0 bridgehead atoms. The Bertz CT molecular complexity index is 1630. The van der Waals surface area contributed by atoms with E-state index in [0.717, 1.165) is 24.9 Å². The zero-order chi connectivity index (χ0) is 33.4. The summed E-state index contributed by atoms with van der Waals surface area (Å²) in [6.07, 6.45) is -3.04. The van der Waals surface area contributed by atoms with E-state index in [4.69, 9.17) is 16.3 Å². The van der Waals surface area contributed by atoms with Gasteiger partial charge >= 0.3 is 12.2 Å². The summed E-state index contributed by atoms with van der Waals surface area (Å²) in [5.41, 5.74) is 0.211. The number of halogens is 4. The number of rotatable bonds is 14. The van der Waals surface area contributed by atoms with E-state index >= 15 is 0 Å². The molecule has 5 rings (SSSR count). The monoisotopic (exact) mass is 683 g/mol. The van der Waals surface area contributed by atoms with Crippen LogP contribution in [0, 0.1) is 10.8 Å². The zero-order valence-corrected chi connectivity index (χ0v) is 27.2. The van der Waals surface area contributed by atoms with E-state index in [1.54, 1.807) is 12.1 Å². The molecule has 1 heterocycles. The molecule has 2 aromatic carbocycles. The van der Waals surface area contributed by atoms with E-state index < -0.39 is 46.0 Å². The molecular formula is C30H37ClF3N7O4S. The van der Waals surface area contributed by atoms with E-state index in [-0.39, 0.29) is 22.2 Å². The van der Waals surface area contributed by atoms with Crippen LogP contribution in [0.5, 0.6) is 6.01 Å². The summed E-state index contributed by atoms with van der Waals surface area (Å²) in [7, 11) is -4.06. The Kier molecular flexibility index (Phi) is 9.45. The Hall–Kier alpha value is -3.24. The molecule has 250 valence electrons. The van der Waals surface area contributed by atoms with Crippen molar-refractivity contribution >= 4 is 39.2 Å². The van der Waals surface area contributed by atoms with Gasteiger partial charge in [-0.3, -0.25) is 0 Å². The molecule has 2 aliphatic carbocycles. The highest BCUT2D eigenvalue weighted by Gasteiger charge is 2.50. The van der Waals surface area contributed by atoms with Gasteiger partial charge in [-0.2, -0.15) is 32.8 Å². The fourth-order valence-electron chi connectivity index (χ4n) is 4.85. The third kappa shape index (κ3) is 8.97. The maximum atomic E-state index is 13.1. The molecule has 11 nitrogen and oxygen atoms in total. The van der Waals surface area contributed by atoms with Crippen molar-refractivity contribution in [1.29, 1.82) is 0 Å². The van der Waals surface area contributed by atoms with Gasteiger partial charge in [0.1, 0.15) is 6.23 Å². The lowest BCUT2D eigenvalue weighted by Crippen LogP contribution is -2.46. The van der Waals surface area contributed by atoms with Gasteiger partial charge in [-0.05, 0) is 73.1 Å². The maximum Gasteiger partial charge on any atom is 0.422 e. The Morgan fingerprint density at radius 2 is 1.59 bits per heavy atom. The molecule has 3 aromatic rings. The molecule has 0 spiro atoms. The molecule has 1 atom stereocenters. The fraction of sp³-hybridized carbons (Fsp3) is 0.500. The normalized spacial score (nSPS) is 17.7. The lowest BCUT2D eigenvalue weighted by atomic mass is 9.96. The number of benzene rings is 2. The first-order valence-corrected chi connectivity index (χ1v) is 16.6. The number of sulfonamides is 1. The van der Waals surface area contributed by atoms with Crippen molar-refractivity contribution < 1.29 is 31.4 Å². The molecule has 5 N–H and O–H groups in total. The van der Waals surface area contributed by atoms with Crippen LogP contribution in [0.4, 0.5) is 30.8 Å².